The second-order valence-corrected chi connectivity index (χ2v) is 7.23. The number of thioether (sulfide) groups is 1. The molecular weight excluding hydrogens is 368 g/mol. The number of fused-ring (bicyclic) bond motifs is 1. The van der Waals surface area contributed by atoms with Crippen LogP contribution < -0.4 is 10.9 Å². The highest BCUT2D eigenvalue weighted by molar-refractivity contribution is 7.98. The van der Waals surface area contributed by atoms with E-state index in [1.807, 2.05) is 66.9 Å². The third kappa shape index (κ3) is 2.90. The Bertz CT molecular complexity index is 1160. The molecule has 138 valence electrons. The molecule has 0 saturated carbocycles. The first kappa shape index (κ1) is 18.1. The zero-order chi connectivity index (χ0) is 19.7. The second kappa shape index (κ2) is 7.37. The van der Waals surface area contributed by atoms with Crippen molar-refractivity contribution < 1.29 is 0 Å². The lowest BCUT2D eigenvalue weighted by Crippen LogP contribution is -2.31. The van der Waals surface area contributed by atoms with Crippen LogP contribution in [0.3, 0.4) is 0 Å². The van der Waals surface area contributed by atoms with Crippen molar-refractivity contribution in [2.75, 3.05) is 11.6 Å². The van der Waals surface area contributed by atoms with Gasteiger partial charge < -0.3 is 5.32 Å². The van der Waals surface area contributed by atoms with Crippen LogP contribution in [0.15, 0.2) is 76.2 Å². The quantitative estimate of drug-likeness (QED) is 0.544. The number of aromatic nitrogens is 2. The maximum atomic E-state index is 13.2. The third-order valence-electron chi connectivity index (χ3n) is 4.87. The number of hydrogen-bond acceptors (Lipinski definition) is 5. The molecule has 28 heavy (non-hydrogen) atoms. The molecule has 1 aliphatic heterocycles. The molecule has 4 rings (SSSR count). The lowest BCUT2D eigenvalue weighted by Gasteiger charge is -2.29. The largest absolute Gasteiger partial charge is 0.338 e. The van der Waals surface area contributed by atoms with E-state index < -0.39 is 5.92 Å². The molecule has 5 nitrogen and oxygen atoms in total. The number of nitrogens with one attached hydrogen (secondary N) is 1. The Morgan fingerprint density at radius 3 is 2.36 bits per heavy atom. The van der Waals surface area contributed by atoms with Gasteiger partial charge in [0.25, 0.3) is 5.56 Å². The van der Waals surface area contributed by atoms with E-state index in [4.69, 9.17) is 0 Å². The van der Waals surface area contributed by atoms with E-state index in [2.05, 4.69) is 16.4 Å². The van der Waals surface area contributed by atoms with Gasteiger partial charge in [0.05, 0.1) is 28.8 Å². The summed E-state index contributed by atoms with van der Waals surface area (Å²) in [5.41, 5.74) is 3.35. The first-order valence-corrected chi connectivity index (χ1v) is 10.0. The van der Waals surface area contributed by atoms with Crippen LogP contribution >= 0.6 is 11.8 Å². The van der Waals surface area contributed by atoms with Gasteiger partial charge in [0.1, 0.15) is 5.82 Å². The van der Waals surface area contributed by atoms with Gasteiger partial charge in [0.15, 0.2) is 5.16 Å². The van der Waals surface area contributed by atoms with E-state index in [0.717, 1.165) is 11.1 Å². The van der Waals surface area contributed by atoms with Crippen molar-refractivity contribution >= 4 is 23.3 Å². The highest BCUT2D eigenvalue weighted by atomic mass is 32.2. The van der Waals surface area contributed by atoms with Crippen LogP contribution in [0.1, 0.15) is 22.6 Å². The van der Waals surface area contributed by atoms with Crippen LogP contribution in [0.2, 0.25) is 0 Å². The van der Waals surface area contributed by atoms with E-state index in [9.17, 15) is 10.1 Å². The van der Waals surface area contributed by atoms with Gasteiger partial charge in [-0.1, -0.05) is 72.4 Å². The van der Waals surface area contributed by atoms with Crippen LogP contribution in [0.4, 0.5) is 5.82 Å². The molecule has 6 heteroatoms. The fourth-order valence-electron chi connectivity index (χ4n) is 3.54. The van der Waals surface area contributed by atoms with Crippen LogP contribution in [0.25, 0.3) is 5.70 Å². The molecule has 1 N–H and O–H groups in total. The molecule has 3 aromatic rings. The normalized spacial score (nSPS) is 15.5. The predicted molar refractivity (Wildman–Crippen MR) is 112 cm³/mol. The Morgan fingerprint density at radius 2 is 1.75 bits per heavy atom. The van der Waals surface area contributed by atoms with Crippen molar-refractivity contribution in [3.8, 4) is 6.07 Å². The van der Waals surface area contributed by atoms with Crippen molar-refractivity contribution in [1.29, 1.82) is 5.26 Å². The predicted octanol–water partition coefficient (Wildman–Crippen LogP) is 3.99. The molecule has 0 amide bonds. The Hall–Kier alpha value is -3.30. The summed E-state index contributed by atoms with van der Waals surface area (Å²) >= 11 is 1.41. The molecule has 0 spiro atoms. The molecule has 1 aliphatic rings. The summed E-state index contributed by atoms with van der Waals surface area (Å²) < 4.78 is 1.55. The van der Waals surface area contributed by atoms with Crippen molar-refractivity contribution in [1.82, 2.24) is 9.55 Å². The van der Waals surface area contributed by atoms with Gasteiger partial charge >= 0.3 is 0 Å². The van der Waals surface area contributed by atoms with Crippen LogP contribution in [-0.4, -0.2) is 15.8 Å². The zero-order valence-electron chi connectivity index (χ0n) is 15.5. The smallest absolute Gasteiger partial charge is 0.260 e. The average molecular weight is 386 g/mol. The number of anilines is 1. The minimum atomic E-state index is -0.472. The van der Waals surface area contributed by atoms with E-state index in [-0.39, 0.29) is 5.56 Å². The molecule has 1 atom stereocenters. The summed E-state index contributed by atoms with van der Waals surface area (Å²) in [5, 5.41) is 14.0. The number of hydrogen-bond donors (Lipinski definition) is 1. The lowest BCUT2D eigenvalue weighted by molar-refractivity contribution is 0.689. The molecule has 2 heterocycles. The van der Waals surface area contributed by atoms with Crippen molar-refractivity contribution in [3.05, 3.63) is 93.3 Å². The molecule has 1 aromatic heterocycles. The first-order valence-electron chi connectivity index (χ1n) is 8.82. The van der Waals surface area contributed by atoms with E-state index >= 15 is 0 Å². The number of nitriles is 1. The fourth-order valence-corrected chi connectivity index (χ4v) is 4.08. The van der Waals surface area contributed by atoms with Gasteiger partial charge in [-0.25, -0.2) is 4.98 Å². The minimum absolute atomic E-state index is 0.143. The minimum Gasteiger partial charge on any atom is -0.338 e. The summed E-state index contributed by atoms with van der Waals surface area (Å²) in [4.78, 5) is 17.9. The molecule has 0 aliphatic carbocycles. The highest BCUT2D eigenvalue weighted by Crippen LogP contribution is 2.42. The Kier molecular flexibility index (Phi) is 4.76. The number of rotatable bonds is 3. The zero-order valence-corrected chi connectivity index (χ0v) is 16.3. The van der Waals surface area contributed by atoms with E-state index in [1.54, 1.807) is 11.6 Å². The summed E-state index contributed by atoms with van der Waals surface area (Å²) in [6.07, 6.45) is 1.89. The molecule has 0 fully saturated rings. The van der Waals surface area contributed by atoms with Crippen LogP contribution in [0.5, 0.6) is 0 Å². The molecule has 0 radical (unpaired) electrons. The van der Waals surface area contributed by atoms with Gasteiger partial charge in [-0.2, -0.15) is 5.26 Å². The van der Waals surface area contributed by atoms with Crippen molar-refractivity contribution in [2.24, 2.45) is 7.05 Å². The maximum absolute atomic E-state index is 13.2. The lowest BCUT2D eigenvalue weighted by atomic mass is 9.81. The van der Waals surface area contributed by atoms with Gasteiger partial charge in [-0.3, -0.25) is 9.36 Å². The monoisotopic (exact) mass is 386 g/mol. The van der Waals surface area contributed by atoms with Gasteiger partial charge in [0.2, 0.25) is 0 Å². The molecule has 1 unspecified atom stereocenters. The Balaban J connectivity index is 2.06. The van der Waals surface area contributed by atoms with Gasteiger partial charge in [-0.05, 0) is 17.4 Å². The highest BCUT2D eigenvalue weighted by Gasteiger charge is 2.34. The number of benzene rings is 2. The summed E-state index contributed by atoms with van der Waals surface area (Å²) in [6, 6.07) is 21.7. The first-order chi connectivity index (χ1) is 13.7. The van der Waals surface area contributed by atoms with Crippen LogP contribution in [0, 0.1) is 11.3 Å². The van der Waals surface area contributed by atoms with Crippen LogP contribution in [-0.2, 0) is 7.05 Å². The van der Waals surface area contributed by atoms with Crippen molar-refractivity contribution in [3.63, 3.8) is 0 Å². The van der Waals surface area contributed by atoms with E-state index in [0.29, 0.717) is 27.8 Å². The maximum Gasteiger partial charge on any atom is 0.260 e. The second-order valence-electron chi connectivity index (χ2n) is 6.46. The third-order valence-corrected chi connectivity index (χ3v) is 5.60. The number of allylic oxidation sites excluding steroid dienone is 1. The SMILES string of the molecule is CSc1nc2c(c(=O)n1C)C(c1ccccc1)C(C#N)=C(c1ccccc1)N2. The molecule has 0 saturated heterocycles. The topological polar surface area (TPSA) is 70.7 Å². The molecular formula is C22H18N4OS. The standard InChI is InChI=1S/C22H18N4OS/c1-26-21(27)18-17(14-9-5-3-6-10-14)16(13-23)19(15-11-7-4-8-12-15)24-20(18)25-22(26)28-2/h3-12,17,24H,1-2H3. The molecule has 2 aromatic carbocycles. The molecule has 0 bridgehead atoms. The summed E-state index contributed by atoms with van der Waals surface area (Å²) in [5.74, 6) is 0.0407. The fraction of sp³-hybridized carbons (Fsp3) is 0.136. The summed E-state index contributed by atoms with van der Waals surface area (Å²) in [7, 11) is 1.71. The van der Waals surface area contributed by atoms with E-state index in [1.165, 1.54) is 11.8 Å². The van der Waals surface area contributed by atoms with Gasteiger partial charge in [0, 0.05) is 7.05 Å². The number of nitrogens with zero attached hydrogens (tertiary/aromatic N) is 3. The van der Waals surface area contributed by atoms with Crippen molar-refractivity contribution in [2.45, 2.75) is 11.1 Å². The Morgan fingerprint density at radius 1 is 1.11 bits per heavy atom. The summed E-state index contributed by atoms with van der Waals surface area (Å²) in [6.45, 7) is 0. The van der Waals surface area contributed by atoms with Gasteiger partial charge in [-0.15, -0.1) is 0 Å². The average Bonchev–Trinajstić information content (AvgIpc) is 2.76. The Labute approximate surface area is 167 Å².